The summed E-state index contributed by atoms with van der Waals surface area (Å²) in [5.74, 6) is 2.84. The van der Waals surface area contributed by atoms with Crippen molar-refractivity contribution in [2.24, 2.45) is 0 Å². The van der Waals surface area contributed by atoms with E-state index in [-0.39, 0.29) is 0 Å². The van der Waals surface area contributed by atoms with Crippen molar-refractivity contribution >= 4 is 23.0 Å². The smallest absolute Gasteiger partial charge is 0.137 e. The molecule has 0 aromatic carbocycles. The molecule has 2 aromatic heterocycles. The lowest BCUT2D eigenvalue weighted by atomic mass is 10.2. The molecule has 0 radical (unpaired) electrons. The number of aromatic nitrogens is 2. The van der Waals surface area contributed by atoms with E-state index in [9.17, 15) is 0 Å². The van der Waals surface area contributed by atoms with Crippen molar-refractivity contribution in [3.05, 3.63) is 33.8 Å². The number of hydrogen-bond donors (Lipinski definition) is 1. The summed E-state index contributed by atoms with van der Waals surface area (Å²) >= 11 is 1.81. The van der Waals surface area contributed by atoms with E-state index in [1.54, 1.807) is 0 Å². The molecule has 0 aliphatic heterocycles. The Kier molecular flexibility index (Phi) is 4.95. The second-order valence-electron chi connectivity index (χ2n) is 4.79. The Morgan fingerprint density at radius 3 is 2.75 bits per heavy atom. The first-order chi connectivity index (χ1) is 9.65. The summed E-state index contributed by atoms with van der Waals surface area (Å²) in [5.41, 5.74) is 1.11. The standard InChI is InChI=1S/C15H22N4S/c1-5-13-17-14(16-3)11(2)15(18-13)19(4)9-8-12-7-6-10-20-12/h6-7,10H,5,8-9H2,1-4H3,(H,16,17,18). The zero-order chi connectivity index (χ0) is 14.5. The molecule has 0 fully saturated rings. The van der Waals surface area contributed by atoms with Crippen LogP contribution in [0.5, 0.6) is 0 Å². The summed E-state index contributed by atoms with van der Waals surface area (Å²) in [6.45, 7) is 5.12. The Morgan fingerprint density at radius 1 is 1.35 bits per heavy atom. The molecule has 0 bridgehead atoms. The summed E-state index contributed by atoms with van der Waals surface area (Å²) in [7, 11) is 4.01. The summed E-state index contributed by atoms with van der Waals surface area (Å²) in [4.78, 5) is 12.8. The fourth-order valence-corrected chi connectivity index (χ4v) is 2.86. The molecule has 2 heterocycles. The van der Waals surface area contributed by atoms with Crippen molar-refractivity contribution in [1.82, 2.24) is 9.97 Å². The third-order valence-corrected chi connectivity index (χ3v) is 4.29. The number of likely N-dealkylation sites (N-methyl/N-ethyl adjacent to an activating group) is 1. The molecule has 2 rings (SSSR count). The lowest BCUT2D eigenvalue weighted by Crippen LogP contribution is -2.23. The van der Waals surface area contributed by atoms with Crippen LogP contribution in [0, 0.1) is 6.92 Å². The molecule has 0 atom stereocenters. The van der Waals surface area contributed by atoms with Gasteiger partial charge in [0.2, 0.25) is 0 Å². The van der Waals surface area contributed by atoms with Gasteiger partial charge >= 0.3 is 0 Å². The van der Waals surface area contributed by atoms with Crippen LogP contribution in [0.2, 0.25) is 0 Å². The normalized spacial score (nSPS) is 10.6. The van der Waals surface area contributed by atoms with Gasteiger partial charge in [0.25, 0.3) is 0 Å². The predicted octanol–water partition coefficient (Wildman–Crippen LogP) is 3.13. The highest BCUT2D eigenvalue weighted by atomic mass is 32.1. The average Bonchev–Trinajstić information content (AvgIpc) is 2.98. The van der Waals surface area contributed by atoms with Crippen molar-refractivity contribution in [1.29, 1.82) is 0 Å². The van der Waals surface area contributed by atoms with Crippen LogP contribution in [0.1, 0.15) is 23.2 Å². The van der Waals surface area contributed by atoms with Crippen LogP contribution in [-0.2, 0) is 12.8 Å². The van der Waals surface area contributed by atoms with Crippen LogP contribution in [-0.4, -0.2) is 30.6 Å². The van der Waals surface area contributed by atoms with E-state index in [0.717, 1.165) is 42.4 Å². The SMILES string of the molecule is CCc1nc(NC)c(C)c(N(C)CCc2cccs2)n1. The molecule has 0 saturated heterocycles. The second kappa shape index (κ2) is 6.70. The third kappa shape index (κ3) is 3.28. The van der Waals surface area contributed by atoms with E-state index in [4.69, 9.17) is 0 Å². The van der Waals surface area contributed by atoms with Gasteiger partial charge in [0, 0.05) is 37.5 Å². The molecule has 0 saturated carbocycles. The van der Waals surface area contributed by atoms with Crippen LogP contribution in [0.4, 0.5) is 11.6 Å². The molecule has 20 heavy (non-hydrogen) atoms. The maximum absolute atomic E-state index is 4.68. The van der Waals surface area contributed by atoms with E-state index < -0.39 is 0 Å². The number of hydrogen-bond acceptors (Lipinski definition) is 5. The zero-order valence-corrected chi connectivity index (χ0v) is 13.4. The molecular formula is C15H22N4S. The monoisotopic (exact) mass is 290 g/mol. The van der Waals surface area contributed by atoms with E-state index in [1.807, 2.05) is 18.4 Å². The molecule has 0 spiro atoms. The molecule has 1 N–H and O–H groups in total. The number of rotatable bonds is 6. The van der Waals surface area contributed by atoms with Crippen LogP contribution in [0.3, 0.4) is 0 Å². The van der Waals surface area contributed by atoms with Gasteiger partial charge in [0.1, 0.15) is 17.5 Å². The van der Waals surface area contributed by atoms with Crippen molar-refractivity contribution in [2.75, 3.05) is 30.9 Å². The number of thiophene rings is 1. The second-order valence-corrected chi connectivity index (χ2v) is 5.82. The molecule has 5 heteroatoms. The lowest BCUT2D eigenvalue weighted by Gasteiger charge is -2.21. The fourth-order valence-electron chi connectivity index (χ4n) is 2.16. The molecule has 108 valence electrons. The predicted molar refractivity (Wildman–Crippen MR) is 87.0 cm³/mol. The van der Waals surface area contributed by atoms with E-state index >= 15 is 0 Å². The van der Waals surface area contributed by atoms with Gasteiger partial charge in [-0.05, 0) is 24.8 Å². The summed E-state index contributed by atoms with van der Waals surface area (Å²) < 4.78 is 0. The first-order valence-corrected chi connectivity index (χ1v) is 7.82. The summed E-state index contributed by atoms with van der Waals surface area (Å²) in [6.07, 6.45) is 1.90. The van der Waals surface area contributed by atoms with Gasteiger partial charge in [-0.3, -0.25) is 0 Å². The Labute approximate surface area is 124 Å². The van der Waals surface area contributed by atoms with Gasteiger partial charge in [-0.2, -0.15) is 0 Å². The van der Waals surface area contributed by atoms with Gasteiger partial charge in [-0.1, -0.05) is 13.0 Å². The molecule has 0 amide bonds. The van der Waals surface area contributed by atoms with Crippen LogP contribution < -0.4 is 10.2 Å². The fraction of sp³-hybridized carbons (Fsp3) is 0.467. The van der Waals surface area contributed by atoms with E-state index in [2.05, 4.69) is 58.6 Å². The molecule has 0 aliphatic rings. The average molecular weight is 290 g/mol. The van der Waals surface area contributed by atoms with Gasteiger partial charge < -0.3 is 10.2 Å². The quantitative estimate of drug-likeness (QED) is 0.887. The topological polar surface area (TPSA) is 41.1 Å². The van der Waals surface area contributed by atoms with Gasteiger partial charge in [0.15, 0.2) is 0 Å². The van der Waals surface area contributed by atoms with Gasteiger partial charge in [-0.25, -0.2) is 9.97 Å². The summed E-state index contributed by atoms with van der Waals surface area (Å²) in [6, 6.07) is 4.28. The Morgan fingerprint density at radius 2 is 2.15 bits per heavy atom. The number of nitrogens with zero attached hydrogens (tertiary/aromatic N) is 3. The van der Waals surface area contributed by atoms with Crippen molar-refractivity contribution in [3.63, 3.8) is 0 Å². The highest BCUT2D eigenvalue weighted by Crippen LogP contribution is 2.23. The van der Waals surface area contributed by atoms with Crippen LogP contribution in [0.15, 0.2) is 17.5 Å². The van der Waals surface area contributed by atoms with Crippen molar-refractivity contribution in [2.45, 2.75) is 26.7 Å². The lowest BCUT2D eigenvalue weighted by molar-refractivity contribution is 0.836. The summed E-state index contributed by atoms with van der Waals surface area (Å²) in [5, 5.41) is 5.28. The van der Waals surface area contributed by atoms with Crippen LogP contribution in [0.25, 0.3) is 0 Å². The highest BCUT2D eigenvalue weighted by molar-refractivity contribution is 7.09. The number of aryl methyl sites for hydroxylation is 1. The molecule has 2 aromatic rings. The molecule has 4 nitrogen and oxygen atoms in total. The first-order valence-electron chi connectivity index (χ1n) is 6.94. The largest absolute Gasteiger partial charge is 0.373 e. The minimum absolute atomic E-state index is 0.848. The number of nitrogens with one attached hydrogen (secondary N) is 1. The molecule has 0 aliphatic carbocycles. The highest BCUT2D eigenvalue weighted by Gasteiger charge is 2.13. The first kappa shape index (κ1) is 14.8. The van der Waals surface area contributed by atoms with E-state index in [1.165, 1.54) is 4.88 Å². The Hall–Kier alpha value is -1.62. The van der Waals surface area contributed by atoms with Gasteiger partial charge in [0.05, 0.1) is 0 Å². The third-order valence-electron chi connectivity index (χ3n) is 3.35. The maximum atomic E-state index is 4.68. The van der Waals surface area contributed by atoms with Gasteiger partial charge in [-0.15, -0.1) is 11.3 Å². The Bertz CT molecular complexity index is 551. The molecule has 0 unspecified atom stereocenters. The molecular weight excluding hydrogens is 268 g/mol. The maximum Gasteiger partial charge on any atom is 0.137 e. The van der Waals surface area contributed by atoms with Crippen LogP contribution >= 0.6 is 11.3 Å². The van der Waals surface area contributed by atoms with Crippen molar-refractivity contribution in [3.8, 4) is 0 Å². The number of anilines is 2. The Balaban J connectivity index is 2.17. The van der Waals surface area contributed by atoms with E-state index in [0.29, 0.717) is 0 Å². The minimum atomic E-state index is 0.848. The van der Waals surface area contributed by atoms with Crippen molar-refractivity contribution < 1.29 is 0 Å². The zero-order valence-electron chi connectivity index (χ0n) is 12.6. The minimum Gasteiger partial charge on any atom is -0.373 e.